The minimum atomic E-state index is -3.57. The third-order valence-electron chi connectivity index (χ3n) is 4.83. The van der Waals surface area contributed by atoms with Crippen molar-refractivity contribution in [3.63, 3.8) is 0 Å². The van der Waals surface area contributed by atoms with Crippen molar-refractivity contribution in [3.05, 3.63) is 40.8 Å². The van der Waals surface area contributed by atoms with Crippen LogP contribution in [0.4, 0.5) is 0 Å². The smallest absolute Gasteiger partial charge is 0.255 e. The second kappa shape index (κ2) is 6.09. The molecule has 1 N–H and O–H groups in total. The second-order valence-electron chi connectivity index (χ2n) is 6.51. The molecule has 1 aromatic carbocycles. The predicted octanol–water partition coefficient (Wildman–Crippen LogP) is 2.58. The van der Waals surface area contributed by atoms with E-state index in [0.717, 1.165) is 12.8 Å². The van der Waals surface area contributed by atoms with Gasteiger partial charge in [-0.2, -0.15) is 4.31 Å². The number of piperidine rings is 1. The molecular weight excluding hydrogens is 312 g/mol. The first-order valence-electron chi connectivity index (χ1n) is 8.02. The van der Waals surface area contributed by atoms with Gasteiger partial charge in [-0.15, -0.1) is 0 Å². The summed E-state index contributed by atoms with van der Waals surface area (Å²) in [7, 11) is -3.57. The number of nitrogens with zero attached hydrogens (tertiary/aromatic N) is 1. The topological polar surface area (TPSA) is 70.2 Å². The van der Waals surface area contributed by atoms with Crippen LogP contribution in [-0.2, 0) is 10.0 Å². The summed E-state index contributed by atoms with van der Waals surface area (Å²) in [6.07, 6.45) is 3.28. The van der Waals surface area contributed by atoms with Gasteiger partial charge in [0.25, 0.3) is 5.56 Å². The number of pyridine rings is 1. The number of aromatic amines is 1. The minimum Gasteiger partial charge on any atom is -0.329 e. The average molecular weight is 334 g/mol. The third-order valence-corrected chi connectivity index (χ3v) is 6.79. The van der Waals surface area contributed by atoms with E-state index in [-0.39, 0.29) is 10.5 Å². The Bertz CT molecular complexity index is 863. The van der Waals surface area contributed by atoms with E-state index in [1.54, 1.807) is 28.6 Å². The summed E-state index contributed by atoms with van der Waals surface area (Å²) < 4.78 is 27.6. The number of benzene rings is 1. The maximum absolute atomic E-state index is 13.0. The van der Waals surface area contributed by atoms with Crippen LogP contribution >= 0.6 is 0 Å². The summed E-state index contributed by atoms with van der Waals surface area (Å²) in [5.74, 6) is 1.16. The maximum Gasteiger partial charge on any atom is 0.255 e. The molecule has 124 valence electrons. The number of rotatable bonds is 3. The van der Waals surface area contributed by atoms with E-state index in [9.17, 15) is 13.2 Å². The first-order chi connectivity index (χ1) is 10.9. The Labute approximate surface area is 136 Å². The molecule has 0 spiro atoms. The number of H-pyrrole nitrogens is 1. The fraction of sp³-hybridized carbons (Fsp3) is 0.471. The van der Waals surface area contributed by atoms with E-state index >= 15 is 0 Å². The lowest BCUT2D eigenvalue weighted by molar-refractivity contribution is 0.226. The number of sulfonamides is 1. The van der Waals surface area contributed by atoms with Gasteiger partial charge in [0.05, 0.1) is 4.90 Å². The molecule has 0 atom stereocenters. The molecule has 5 nitrogen and oxygen atoms in total. The van der Waals surface area contributed by atoms with Crippen LogP contribution in [0, 0.1) is 11.8 Å². The molecule has 0 unspecified atom stereocenters. The van der Waals surface area contributed by atoms with Crippen molar-refractivity contribution in [2.45, 2.75) is 31.6 Å². The van der Waals surface area contributed by atoms with E-state index in [1.165, 1.54) is 6.20 Å². The fourth-order valence-electron chi connectivity index (χ4n) is 3.34. The molecule has 2 heterocycles. The normalized spacial score (nSPS) is 17.9. The van der Waals surface area contributed by atoms with Crippen LogP contribution < -0.4 is 5.56 Å². The van der Waals surface area contributed by atoms with Crippen LogP contribution in [-0.4, -0.2) is 30.8 Å². The van der Waals surface area contributed by atoms with E-state index in [1.807, 2.05) is 0 Å². The number of nitrogens with one attached hydrogen (secondary N) is 1. The number of aromatic nitrogens is 1. The minimum absolute atomic E-state index is 0.226. The summed E-state index contributed by atoms with van der Waals surface area (Å²) in [5.41, 5.74) is -0.266. The highest BCUT2D eigenvalue weighted by atomic mass is 32.2. The SMILES string of the molecule is CC(C)C1CCN(S(=O)(=O)c2cccc3c(=O)[nH]ccc23)CC1. The predicted molar refractivity (Wildman–Crippen MR) is 90.9 cm³/mol. The van der Waals surface area contributed by atoms with Gasteiger partial charge in [0.15, 0.2) is 0 Å². The van der Waals surface area contributed by atoms with Crippen molar-refractivity contribution in [1.82, 2.24) is 9.29 Å². The standard InChI is InChI=1S/C17H22N2O3S/c1-12(2)13-7-10-19(11-8-13)23(21,22)16-5-3-4-15-14(16)6-9-18-17(15)20/h3-6,9,12-13H,7-8,10-11H2,1-2H3,(H,18,20). The Morgan fingerprint density at radius 1 is 1.13 bits per heavy atom. The zero-order chi connectivity index (χ0) is 16.6. The zero-order valence-corrected chi connectivity index (χ0v) is 14.3. The summed E-state index contributed by atoms with van der Waals surface area (Å²) >= 11 is 0. The first-order valence-corrected chi connectivity index (χ1v) is 9.46. The summed E-state index contributed by atoms with van der Waals surface area (Å²) in [5, 5.41) is 0.896. The second-order valence-corrected chi connectivity index (χ2v) is 8.42. The molecule has 6 heteroatoms. The average Bonchev–Trinajstić information content (AvgIpc) is 2.55. The molecule has 1 aliphatic rings. The van der Waals surface area contributed by atoms with Gasteiger partial charge in [0.2, 0.25) is 10.0 Å². The van der Waals surface area contributed by atoms with Crippen LogP contribution in [0.1, 0.15) is 26.7 Å². The van der Waals surface area contributed by atoms with E-state index in [2.05, 4.69) is 18.8 Å². The molecule has 2 aromatic rings. The van der Waals surface area contributed by atoms with Crippen LogP contribution in [0.25, 0.3) is 10.8 Å². The number of fused-ring (bicyclic) bond motifs is 1. The summed E-state index contributed by atoms with van der Waals surface area (Å²) in [6, 6.07) is 6.53. The molecule has 0 amide bonds. The van der Waals surface area contributed by atoms with Crippen molar-refractivity contribution in [2.75, 3.05) is 13.1 Å². The van der Waals surface area contributed by atoms with E-state index < -0.39 is 10.0 Å². The molecule has 0 aliphatic carbocycles. The highest BCUT2D eigenvalue weighted by Crippen LogP contribution is 2.30. The lowest BCUT2D eigenvalue weighted by Gasteiger charge is -2.33. The van der Waals surface area contributed by atoms with Gasteiger partial charge in [-0.1, -0.05) is 19.9 Å². The highest BCUT2D eigenvalue weighted by molar-refractivity contribution is 7.89. The molecule has 1 aliphatic heterocycles. The van der Waals surface area contributed by atoms with Crippen LogP contribution in [0.2, 0.25) is 0 Å². The van der Waals surface area contributed by atoms with Crippen molar-refractivity contribution in [1.29, 1.82) is 0 Å². The number of hydrogen-bond donors (Lipinski definition) is 1. The zero-order valence-electron chi connectivity index (χ0n) is 13.5. The highest BCUT2D eigenvalue weighted by Gasteiger charge is 2.31. The van der Waals surface area contributed by atoms with Gasteiger partial charge in [-0.3, -0.25) is 4.79 Å². The molecule has 1 fully saturated rings. The van der Waals surface area contributed by atoms with Crippen molar-refractivity contribution < 1.29 is 8.42 Å². The summed E-state index contributed by atoms with van der Waals surface area (Å²) in [4.78, 5) is 14.7. The quantitative estimate of drug-likeness (QED) is 0.938. The molecular formula is C17H22N2O3S. The third kappa shape index (κ3) is 2.93. The number of hydrogen-bond acceptors (Lipinski definition) is 3. The Morgan fingerprint density at radius 3 is 2.48 bits per heavy atom. The monoisotopic (exact) mass is 334 g/mol. The molecule has 0 radical (unpaired) electrons. The Kier molecular flexibility index (Phi) is 4.29. The maximum atomic E-state index is 13.0. The Balaban J connectivity index is 1.98. The molecule has 3 rings (SSSR count). The van der Waals surface area contributed by atoms with Gasteiger partial charge in [-0.25, -0.2) is 8.42 Å². The van der Waals surface area contributed by atoms with Gasteiger partial charge in [0.1, 0.15) is 0 Å². The summed E-state index contributed by atoms with van der Waals surface area (Å²) in [6.45, 7) is 5.47. The lowest BCUT2D eigenvalue weighted by Crippen LogP contribution is -2.39. The van der Waals surface area contributed by atoms with Crippen molar-refractivity contribution >= 4 is 20.8 Å². The van der Waals surface area contributed by atoms with Crippen LogP contribution in [0.5, 0.6) is 0 Å². The first kappa shape index (κ1) is 16.2. The van der Waals surface area contributed by atoms with Crippen molar-refractivity contribution in [3.8, 4) is 0 Å². The molecule has 1 saturated heterocycles. The van der Waals surface area contributed by atoms with Gasteiger partial charge >= 0.3 is 0 Å². The van der Waals surface area contributed by atoms with E-state index in [4.69, 9.17) is 0 Å². The van der Waals surface area contributed by atoms with Crippen molar-refractivity contribution in [2.24, 2.45) is 11.8 Å². The largest absolute Gasteiger partial charge is 0.329 e. The lowest BCUT2D eigenvalue weighted by atomic mass is 9.87. The molecule has 0 bridgehead atoms. The molecule has 0 saturated carbocycles. The van der Waals surface area contributed by atoms with Gasteiger partial charge in [0, 0.05) is 30.1 Å². The van der Waals surface area contributed by atoms with E-state index in [0.29, 0.717) is 35.7 Å². The fourth-order valence-corrected chi connectivity index (χ4v) is 5.02. The molecule has 1 aromatic heterocycles. The van der Waals surface area contributed by atoms with Crippen LogP contribution in [0.3, 0.4) is 0 Å². The van der Waals surface area contributed by atoms with Crippen LogP contribution in [0.15, 0.2) is 40.2 Å². The van der Waals surface area contributed by atoms with Gasteiger partial charge < -0.3 is 4.98 Å². The Hall–Kier alpha value is -1.66. The Morgan fingerprint density at radius 2 is 1.83 bits per heavy atom. The molecule has 23 heavy (non-hydrogen) atoms. The van der Waals surface area contributed by atoms with Gasteiger partial charge in [-0.05, 0) is 42.9 Å².